The lowest BCUT2D eigenvalue weighted by Crippen LogP contribution is -2.55. The quantitative estimate of drug-likeness (QED) is 0.811. The molecular weight excluding hydrogens is 310 g/mol. The van der Waals surface area contributed by atoms with Crippen LogP contribution in [0.25, 0.3) is 0 Å². The largest absolute Gasteiger partial charge is 0.383 e. The Morgan fingerprint density at radius 3 is 2.83 bits per heavy atom. The highest BCUT2D eigenvalue weighted by Crippen LogP contribution is 2.24. The van der Waals surface area contributed by atoms with Gasteiger partial charge < -0.3 is 9.64 Å². The van der Waals surface area contributed by atoms with Gasteiger partial charge in [0.1, 0.15) is 0 Å². The van der Waals surface area contributed by atoms with Crippen molar-refractivity contribution in [3.8, 4) is 0 Å². The molecule has 23 heavy (non-hydrogen) atoms. The van der Waals surface area contributed by atoms with Crippen molar-refractivity contribution < 1.29 is 9.53 Å². The fourth-order valence-corrected chi connectivity index (χ4v) is 4.34. The lowest BCUT2D eigenvalue weighted by Gasteiger charge is -2.39. The standard InChI is InChI=1S/C17H27N3O2S/c1-14(19-8-6-18(7-9-19)10-11-22-2)17(21)20-5-3-16-15(13-20)4-12-23-16/h4,12,14H,3,5-11,13H2,1-2H3. The van der Waals surface area contributed by atoms with E-state index >= 15 is 0 Å². The molecule has 1 fully saturated rings. The van der Waals surface area contributed by atoms with Crippen LogP contribution < -0.4 is 0 Å². The molecule has 0 N–H and O–H groups in total. The van der Waals surface area contributed by atoms with Gasteiger partial charge in [-0.25, -0.2) is 0 Å². The van der Waals surface area contributed by atoms with Crippen LogP contribution in [0.2, 0.25) is 0 Å². The number of methoxy groups -OCH3 is 1. The number of thiophene rings is 1. The Balaban J connectivity index is 1.51. The zero-order chi connectivity index (χ0) is 16.2. The second-order valence-electron chi connectivity index (χ2n) is 6.43. The summed E-state index contributed by atoms with van der Waals surface area (Å²) >= 11 is 1.82. The Bertz CT molecular complexity index is 526. The minimum absolute atomic E-state index is 0.0141. The van der Waals surface area contributed by atoms with Crippen LogP contribution in [-0.4, -0.2) is 79.6 Å². The summed E-state index contributed by atoms with van der Waals surface area (Å²) in [5.74, 6) is 0.284. The number of fused-ring (bicyclic) bond motifs is 1. The van der Waals surface area contributed by atoms with Crippen LogP contribution in [-0.2, 0) is 22.5 Å². The number of rotatable bonds is 5. The Morgan fingerprint density at radius 2 is 2.09 bits per heavy atom. The van der Waals surface area contributed by atoms with E-state index < -0.39 is 0 Å². The molecule has 6 heteroatoms. The molecule has 0 bridgehead atoms. The smallest absolute Gasteiger partial charge is 0.239 e. The summed E-state index contributed by atoms with van der Waals surface area (Å²) in [5, 5.41) is 2.14. The van der Waals surface area contributed by atoms with E-state index in [4.69, 9.17) is 4.74 Å². The predicted molar refractivity (Wildman–Crippen MR) is 92.8 cm³/mol. The van der Waals surface area contributed by atoms with Gasteiger partial charge in [0.2, 0.25) is 5.91 Å². The molecule has 1 atom stereocenters. The van der Waals surface area contributed by atoms with Gasteiger partial charge in [-0.05, 0) is 30.4 Å². The van der Waals surface area contributed by atoms with Gasteiger partial charge in [0.25, 0.3) is 0 Å². The molecule has 3 rings (SSSR count). The number of ether oxygens (including phenoxy) is 1. The third kappa shape index (κ3) is 3.94. The first-order valence-electron chi connectivity index (χ1n) is 8.48. The van der Waals surface area contributed by atoms with Gasteiger partial charge in [0, 0.05) is 57.8 Å². The molecule has 1 aromatic rings. The van der Waals surface area contributed by atoms with Crippen LogP contribution in [0.3, 0.4) is 0 Å². The third-order valence-electron chi connectivity index (χ3n) is 5.04. The van der Waals surface area contributed by atoms with E-state index in [9.17, 15) is 4.79 Å². The molecule has 128 valence electrons. The minimum Gasteiger partial charge on any atom is -0.383 e. The van der Waals surface area contributed by atoms with Gasteiger partial charge in [-0.2, -0.15) is 0 Å². The fourth-order valence-electron chi connectivity index (χ4n) is 3.45. The molecule has 0 radical (unpaired) electrons. The minimum atomic E-state index is -0.0141. The van der Waals surface area contributed by atoms with E-state index in [-0.39, 0.29) is 11.9 Å². The monoisotopic (exact) mass is 337 g/mol. The van der Waals surface area contributed by atoms with E-state index in [0.29, 0.717) is 0 Å². The number of carbonyl (C=O) groups is 1. The van der Waals surface area contributed by atoms with Crippen molar-refractivity contribution in [3.05, 3.63) is 21.9 Å². The maximum atomic E-state index is 12.8. The van der Waals surface area contributed by atoms with E-state index in [1.165, 1.54) is 10.4 Å². The second kappa shape index (κ2) is 7.75. The molecule has 3 heterocycles. The van der Waals surface area contributed by atoms with Gasteiger partial charge in [-0.15, -0.1) is 11.3 Å². The van der Waals surface area contributed by atoms with E-state index in [1.807, 2.05) is 16.2 Å². The van der Waals surface area contributed by atoms with Crippen LogP contribution >= 0.6 is 11.3 Å². The zero-order valence-electron chi connectivity index (χ0n) is 14.2. The molecule has 0 saturated carbocycles. The van der Waals surface area contributed by atoms with Crippen molar-refractivity contribution in [1.29, 1.82) is 0 Å². The van der Waals surface area contributed by atoms with Crippen molar-refractivity contribution in [2.75, 3.05) is 53.0 Å². The topological polar surface area (TPSA) is 36.0 Å². The highest BCUT2D eigenvalue weighted by atomic mass is 32.1. The second-order valence-corrected chi connectivity index (χ2v) is 7.43. The van der Waals surface area contributed by atoms with Crippen molar-refractivity contribution in [3.63, 3.8) is 0 Å². The van der Waals surface area contributed by atoms with E-state index in [2.05, 4.69) is 28.2 Å². The molecule has 0 spiro atoms. The molecule has 1 saturated heterocycles. The lowest BCUT2D eigenvalue weighted by atomic mass is 10.1. The van der Waals surface area contributed by atoms with Gasteiger partial charge >= 0.3 is 0 Å². The van der Waals surface area contributed by atoms with E-state index in [0.717, 1.165) is 58.8 Å². The van der Waals surface area contributed by atoms with Gasteiger partial charge in [0.15, 0.2) is 0 Å². The van der Waals surface area contributed by atoms with Crippen LogP contribution in [0, 0.1) is 0 Å². The number of piperazine rings is 1. The summed E-state index contributed by atoms with van der Waals surface area (Å²) in [6.07, 6.45) is 1.01. The first-order chi connectivity index (χ1) is 11.2. The Hall–Kier alpha value is -0.950. The highest BCUT2D eigenvalue weighted by Gasteiger charge is 2.30. The first kappa shape index (κ1) is 16.9. The van der Waals surface area contributed by atoms with Crippen molar-refractivity contribution >= 4 is 17.2 Å². The summed E-state index contributed by atoms with van der Waals surface area (Å²) in [4.78, 5) is 21.1. The summed E-state index contributed by atoms with van der Waals surface area (Å²) in [7, 11) is 1.74. The predicted octanol–water partition coefficient (Wildman–Crippen LogP) is 1.29. The Labute approximate surface area is 142 Å². The van der Waals surface area contributed by atoms with Gasteiger partial charge in [-0.3, -0.25) is 14.6 Å². The normalized spacial score (nSPS) is 21.2. The summed E-state index contributed by atoms with van der Waals surface area (Å²) < 4.78 is 5.14. The number of hydrogen-bond donors (Lipinski definition) is 0. The SMILES string of the molecule is COCCN1CCN(C(C)C(=O)N2CCc3sccc3C2)CC1. The van der Waals surface area contributed by atoms with Crippen molar-refractivity contribution in [2.45, 2.75) is 25.9 Å². The molecule has 2 aliphatic heterocycles. The molecule has 1 amide bonds. The maximum absolute atomic E-state index is 12.8. The summed E-state index contributed by atoms with van der Waals surface area (Å²) in [5.41, 5.74) is 1.34. The molecule has 2 aliphatic rings. The van der Waals surface area contributed by atoms with Crippen LogP contribution in [0.15, 0.2) is 11.4 Å². The zero-order valence-corrected chi connectivity index (χ0v) is 15.0. The average Bonchev–Trinajstić information content (AvgIpc) is 3.06. The summed E-state index contributed by atoms with van der Waals surface area (Å²) in [6, 6.07) is 2.15. The molecule has 1 aromatic heterocycles. The van der Waals surface area contributed by atoms with Gasteiger partial charge in [-0.1, -0.05) is 0 Å². The van der Waals surface area contributed by atoms with Crippen molar-refractivity contribution in [1.82, 2.24) is 14.7 Å². The Kier molecular flexibility index (Phi) is 5.69. The molecule has 0 aromatic carbocycles. The van der Waals surface area contributed by atoms with Crippen LogP contribution in [0.4, 0.5) is 0 Å². The maximum Gasteiger partial charge on any atom is 0.239 e. The fraction of sp³-hybridized carbons (Fsp3) is 0.706. The molecule has 1 unspecified atom stereocenters. The lowest BCUT2D eigenvalue weighted by molar-refractivity contribution is -0.138. The van der Waals surface area contributed by atoms with Gasteiger partial charge in [0.05, 0.1) is 12.6 Å². The van der Waals surface area contributed by atoms with Crippen LogP contribution in [0.5, 0.6) is 0 Å². The van der Waals surface area contributed by atoms with E-state index in [1.54, 1.807) is 7.11 Å². The summed E-state index contributed by atoms with van der Waals surface area (Å²) in [6.45, 7) is 9.47. The molecular formula is C17H27N3O2S. The highest BCUT2D eigenvalue weighted by molar-refractivity contribution is 7.10. The number of amides is 1. The van der Waals surface area contributed by atoms with Crippen molar-refractivity contribution in [2.24, 2.45) is 0 Å². The number of carbonyl (C=O) groups excluding carboxylic acids is 1. The number of nitrogens with zero attached hydrogens (tertiary/aromatic N) is 3. The molecule has 5 nitrogen and oxygen atoms in total. The molecule has 0 aliphatic carbocycles. The Morgan fingerprint density at radius 1 is 1.30 bits per heavy atom. The first-order valence-corrected chi connectivity index (χ1v) is 9.36. The van der Waals surface area contributed by atoms with Crippen LogP contribution in [0.1, 0.15) is 17.4 Å². The average molecular weight is 337 g/mol. The third-order valence-corrected chi connectivity index (χ3v) is 6.07. The number of hydrogen-bond acceptors (Lipinski definition) is 5.